The van der Waals surface area contributed by atoms with Crippen molar-refractivity contribution in [3.63, 3.8) is 0 Å². The zero-order chi connectivity index (χ0) is 20.3. The molecule has 4 atom stereocenters. The molecule has 2 N–H and O–H groups in total. The van der Waals surface area contributed by atoms with Crippen molar-refractivity contribution < 1.29 is 27.1 Å². The van der Waals surface area contributed by atoms with Crippen molar-refractivity contribution in [3.05, 3.63) is 42.0 Å². The van der Waals surface area contributed by atoms with E-state index in [1.807, 2.05) is 6.08 Å². The summed E-state index contributed by atoms with van der Waals surface area (Å²) in [6.45, 7) is 0.184. The van der Waals surface area contributed by atoms with Crippen molar-refractivity contribution >= 4 is 16.0 Å². The van der Waals surface area contributed by atoms with Crippen molar-refractivity contribution in [3.8, 4) is 0 Å². The second-order valence-electron chi connectivity index (χ2n) is 7.72. The maximum Gasteiger partial charge on any atom is 0.303 e. The van der Waals surface area contributed by atoms with Gasteiger partial charge in [-0.2, -0.15) is 0 Å². The van der Waals surface area contributed by atoms with Gasteiger partial charge in [0.2, 0.25) is 10.0 Å². The smallest absolute Gasteiger partial charge is 0.303 e. The van der Waals surface area contributed by atoms with Gasteiger partial charge in [0, 0.05) is 13.0 Å². The van der Waals surface area contributed by atoms with E-state index in [1.165, 1.54) is 0 Å². The van der Waals surface area contributed by atoms with Crippen molar-refractivity contribution in [1.82, 2.24) is 4.72 Å². The number of halogens is 2. The molecule has 0 unspecified atom stereocenters. The fourth-order valence-corrected chi connectivity index (χ4v) is 5.81. The average Bonchev–Trinajstić information content (AvgIpc) is 3.23. The number of carbonyl (C=O) groups is 1. The summed E-state index contributed by atoms with van der Waals surface area (Å²) >= 11 is 0. The molecule has 2 bridgehead atoms. The van der Waals surface area contributed by atoms with Gasteiger partial charge in [0.15, 0.2) is 0 Å². The van der Waals surface area contributed by atoms with Gasteiger partial charge in [0.1, 0.15) is 16.5 Å². The van der Waals surface area contributed by atoms with Gasteiger partial charge in [-0.05, 0) is 74.0 Å². The number of carboxylic acids is 1. The Morgan fingerprint density at radius 3 is 2.75 bits per heavy atom. The molecule has 2 aliphatic rings. The summed E-state index contributed by atoms with van der Waals surface area (Å²) in [6, 6.07) is 2.39. The number of aliphatic carboxylic acids is 1. The van der Waals surface area contributed by atoms with Gasteiger partial charge >= 0.3 is 5.97 Å². The third-order valence-electron chi connectivity index (χ3n) is 5.97. The maximum absolute atomic E-state index is 13.8. The van der Waals surface area contributed by atoms with Crippen LogP contribution >= 0.6 is 0 Å². The summed E-state index contributed by atoms with van der Waals surface area (Å²) in [5.41, 5.74) is 0. The molecule has 0 aromatic heterocycles. The molecule has 154 valence electrons. The molecule has 2 saturated carbocycles. The van der Waals surface area contributed by atoms with E-state index < -0.39 is 32.5 Å². The number of hydrogen-bond acceptors (Lipinski definition) is 3. The Morgan fingerprint density at radius 2 is 2.00 bits per heavy atom. The molecule has 2 aliphatic carbocycles. The number of sulfonamides is 1. The van der Waals surface area contributed by atoms with Crippen LogP contribution < -0.4 is 4.72 Å². The minimum Gasteiger partial charge on any atom is -0.481 e. The molecule has 0 aliphatic heterocycles. The van der Waals surface area contributed by atoms with Crippen LogP contribution in [-0.4, -0.2) is 26.0 Å². The van der Waals surface area contributed by atoms with Crippen molar-refractivity contribution in [1.29, 1.82) is 0 Å². The second kappa shape index (κ2) is 8.69. The highest BCUT2D eigenvalue weighted by molar-refractivity contribution is 7.89. The zero-order valence-corrected chi connectivity index (χ0v) is 16.3. The first kappa shape index (κ1) is 20.9. The first-order valence-corrected chi connectivity index (χ1v) is 11.1. The molecule has 0 spiro atoms. The number of unbranched alkanes of at least 4 members (excludes halogenated alkanes) is 1. The van der Waals surface area contributed by atoms with Gasteiger partial charge < -0.3 is 5.11 Å². The van der Waals surface area contributed by atoms with Gasteiger partial charge in [-0.15, -0.1) is 0 Å². The summed E-state index contributed by atoms with van der Waals surface area (Å²) in [7, 11) is -4.13. The third-order valence-corrected chi connectivity index (χ3v) is 7.41. The maximum atomic E-state index is 13.8. The van der Waals surface area contributed by atoms with Crippen molar-refractivity contribution in [2.75, 3.05) is 6.54 Å². The van der Waals surface area contributed by atoms with E-state index in [1.54, 1.807) is 0 Å². The Kier molecular flexibility index (Phi) is 6.50. The van der Waals surface area contributed by atoms with E-state index in [4.69, 9.17) is 5.11 Å². The number of benzene rings is 1. The molecule has 0 heterocycles. The van der Waals surface area contributed by atoms with Crippen LogP contribution in [0.15, 0.2) is 35.2 Å². The van der Waals surface area contributed by atoms with Crippen LogP contribution in [-0.2, 0) is 14.8 Å². The summed E-state index contributed by atoms with van der Waals surface area (Å²) in [5.74, 6) is -1.34. The van der Waals surface area contributed by atoms with E-state index in [0.717, 1.165) is 31.4 Å². The SMILES string of the molecule is O=C(O)CCC/C=C\[C@@H]1[C@@H]2CC[C@@H](C2)[C@@H]1CNS(=O)(=O)c1cc(F)ccc1F. The summed E-state index contributed by atoms with van der Waals surface area (Å²) in [4.78, 5) is 9.91. The highest BCUT2D eigenvalue weighted by Crippen LogP contribution is 2.52. The molecular formula is C20H25F2NO4S. The first-order valence-electron chi connectivity index (χ1n) is 9.61. The Labute approximate surface area is 163 Å². The molecule has 5 nitrogen and oxygen atoms in total. The Bertz CT molecular complexity index is 856. The van der Waals surface area contributed by atoms with Crippen LogP contribution in [0.5, 0.6) is 0 Å². The number of carboxylic acid groups (broad SMARTS) is 1. The van der Waals surface area contributed by atoms with Gasteiger partial charge in [-0.1, -0.05) is 12.2 Å². The van der Waals surface area contributed by atoms with Crippen LogP contribution in [0.2, 0.25) is 0 Å². The molecule has 1 aromatic carbocycles. The number of allylic oxidation sites excluding steroid dienone is 2. The molecule has 0 amide bonds. The van der Waals surface area contributed by atoms with E-state index in [0.29, 0.717) is 30.7 Å². The summed E-state index contributed by atoms with van der Waals surface area (Å²) in [5, 5.41) is 8.69. The predicted molar refractivity (Wildman–Crippen MR) is 100.0 cm³/mol. The van der Waals surface area contributed by atoms with Crippen molar-refractivity contribution in [2.24, 2.45) is 23.7 Å². The van der Waals surface area contributed by atoms with Crippen LogP contribution in [0.3, 0.4) is 0 Å². The molecule has 28 heavy (non-hydrogen) atoms. The molecule has 3 rings (SSSR count). The topological polar surface area (TPSA) is 83.5 Å². The van der Waals surface area contributed by atoms with Crippen LogP contribution in [0.4, 0.5) is 8.78 Å². The Balaban J connectivity index is 1.64. The lowest BCUT2D eigenvalue weighted by Crippen LogP contribution is -2.35. The van der Waals surface area contributed by atoms with Gasteiger partial charge in [0.05, 0.1) is 0 Å². The van der Waals surface area contributed by atoms with Crippen molar-refractivity contribution in [2.45, 2.75) is 43.4 Å². The van der Waals surface area contributed by atoms with E-state index in [9.17, 15) is 22.0 Å². The Hall–Kier alpha value is -1.80. The molecule has 1 aromatic rings. The monoisotopic (exact) mass is 413 g/mol. The van der Waals surface area contributed by atoms with Crippen LogP contribution in [0.1, 0.15) is 38.5 Å². The second-order valence-corrected chi connectivity index (χ2v) is 9.45. The first-order chi connectivity index (χ1) is 13.3. The molecule has 2 fully saturated rings. The lowest BCUT2D eigenvalue weighted by atomic mass is 9.79. The molecular weight excluding hydrogens is 388 g/mol. The van der Waals surface area contributed by atoms with E-state index in [-0.39, 0.29) is 24.8 Å². The normalized spacial score (nSPS) is 26.9. The highest BCUT2D eigenvalue weighted by atomic mass is 32.2. The standard InChI is InChI=1S/C20H25F2NO4S/c21-15-8-9-18(22)19(11-15)28(26,27)23-12-17-14-7-6-13(10-14)16(17)4-2-1-3-5-20(24)25/h2,4,8-9,11,13-14,16-17,23H,1,3,5-7,10,12H2,(H,24,25)/b4-2-/t13-,14+,16-,17+/m1/s1. The lowest BCUT2D eigenvalue weighted by molar-refractivity contribution is -0.137. The minimum atomic E-state index is -4.13. The predicted octanol–water partition coefficient (Wildman–Crippen LogP) is 3.72. The van der Waals surface area contributed by atoms with Gasteiger partial charge in [-0.25, -0.2) is 21.9 Å². The van der Waals surface area contributed by atoms with Crippen LogP contribution in [0.25, 0.3) is 0 Å². The minimum absolute atomic E-state index is 0.112. The summed E-state index contributed by atoms with van der Waals surface area (Å²) in [6.07, 6.45) is 8.66. The molecule has 0 saturated heterocycles. The largest absolute Gasteiger partial charge is 0.481 e. The molecule has 8 heteroatoms. The fourth-order valence-electron chi connectivity index (χ4n) is 4.65. The van der Waals surface area contributed by atoms with E-state index in [2.05, 4.69) is 10.8 Å². The van der Waals surface area contributed by atoms with Crippen LogP contribution in [0, 0.1) is 35.3 Å². The number of rotatable bonds is 9. The fraction of sp³-hybridized carbons (Fsp3) is 0.550. The van der Waals surface area contributed by atoms with E-state index >= 15 is 0 Å². The zero-order valence-electron chi connectivity index (χ0n) is 15.5. The Morgan fingerprint density at radius 1 is 1.25 bits per heavy atom. The average molecular weight is 413 g/mol. The summed E-state index contributed by atoms with van der Waals surface area (Å²) < 4.78 is 54.6. The quantitative estimate of drug-likeness (QED) is 0.477. The number of hydrogen-bond donors (Lipinski definition) is 2. The highest BCUT2D eigenvalue weighted by Gasteiger charge is 2.46. The van der Waals surface area contributed by atoms with Gasteiger partial charge in [-0.3, -0.25) is 4.79 Å². The number of fused-ring (bicyclic) bond motifs is 2. The lowest BCUT2D eigenvalue weighted by Gasteiger charge is -2.29. The third kappa shape index (κ3) is 4.78. The molecule has 0 radical (unpaired) electrons. The number of nitrogens with one attached hydrogen (secondary N) is 1. The van der Waals surface area contributed by atoms with Gasteiger partial charge in [0.25, 0.3) is 0 Å².